The zero-order chi connectivity index (χ0) is 29.6. The van der Waals surface area contributed by atoms with Crippen LogP contribution in [0.1, 0.15) is 34.1 Å². The number of carbonyl (C=O) groups is 1. The molecule has 42 heavy (non-hydrogen) atoms. The van der Waals surface area contributed by atoms with Gasteiger partial charge in [-0.2, -0.15) is 4.99 Å². The second-order valence-electron chi connectivity index (χ2n) is 10.4. The van der Waals surface area contributed by atoms with Crippen molar-refractivity contribution >= 4 is 23.6 Å². The van der Waals surface area contributed by atoms with Crippen molar-refractivity contribution in [1.29, 1.82) is 0 Å². The van der Waals surface area contributed by atoms with Crippen molar-refractivity contribution in [3.05, 3.63) is 119 Å². The minimum atomic E-state index is -0.431. The molecule has 1 aliphatic heterocycles. The Bertz CT molecular complexity index is 1480. The van der Waals surface area contributed by atoms with Crippen LogP contribution in [0, 0.1) is 32.4 Å². The fraction of sp³-hybridized carbons (Fsp3) is 0.250. The van der Waals surface area contributed by atoms with Gasteiger partial charge in [0.1, 0.15) is 11.6 Å². The summed E-state index contributed by atoms with van der Waals surface area (Å²) in [5, 5.41) is 5.76. The van der Waals surface area contributed by atoms with Gasteiger partial charge in [-0.3, -0.25) is 10.2 Å². The Kier molecular flexibility index (Phi) is 8.83. The molecule has 1 fully saturated rings. The van der Waals surface area contributed by atoms with Gasteiger partial charge in [0.05, 0.1) is 6.04 Å². The second-order valence-corrected chi connectivity index (χ2v) is 10.4. The second kappa shape index (κ2) is 12.9. The van der Waals surface area contributed by atoms with Crippen LogP contribution in [0.2, 0.25) is 0 Å². The number of anilines is 1. The Labute approximate surface area is 244 Å². The van der Waals surface area contributed by atoms with Crippen LogP contribution in [0.5, 0.6) is 0 Å². The van der Waals surface area contributed by atoms with Crippen LogP contribution in [-0.2, 0) is 0 Å². The van der Waals surface area contributed by atoms with Gasteiger partial charge in [-0.15, -0.1) is 0 Å². The highest BCUT2D eigenvalue weighted by Crippen LogP contribution is 2.30. The predicted molar refractivity (Wildman–Crippen MR) is 160 cm³/mol. The molecule has 216 valence electrons. The molecule has 0 atom stereocenters. The van der Waals surface area contributed by atoms with Gasteiger partial charge in [-0.25, -0.2) is 23.5 Å². The first-order valence-corrected chi connectivity index (χ1v) is 13.8. The van der Waals surface area contributed by atoms with Crippen LogP contribution < -0.4 is 10.6 Å². The molecule has 1 aliphatic rings. The van der Waals surface area contributed by atoms with E-state index in [9.17, 15) is 13.6 Å². The third-order valence-electron chi connectivity index (χ3n) is 7.06. The quantitative estimate of drug-likeness (QED) is 0.231. The van der Waals surface area contributed by atoms with Crippen molar-refractivity contribution < 1.29 is 13.6 Å². The molecule has 1 saturated heterocycles. The van der Waals surface area contributed by atoms with Gasteiger partial charge in [-0.1, -0.05) is 42.0 Å². The number of nitrogens with one attached hydrogen (secondary N) is 2. The maximum atomic E-state index is 13.7. The average molecular weight is 570 g/mol. The fourth-order valence-electron chi connectivity index (χ4n) is 5.03. The lowest BCUT2D eigenvalue weighted by Crippen LogP contribution is -2.54. The van der Waals surface area contributed by atoms with E-state index in [1.807, 2.05) is 56.0 Å². The number of halogens is 2. The number of nitrogens with zero attached hydrogens (tertiary/aromatic N) is 5. The molecule has 0 radical (unpaired) electrons. The number of aromatic nitrogens is 2. The summed E-state index contributed by atoms with van der Waals surface area (Å²) >= 11 is 0. The molecular weight excluding hydrogens is 536 g/mol. The SMILES string of the molecule is Cc1ccc(NC(=O)N/C(=N\c2nc(C)cc(C)n2)N2CCN(C(c3ccc(F)cc3)c3ccc(F)cc3)CC2)cc1. The lowest BCUT2D eigenvalue weighted by molar-refractivity contribution is 0.148. The zero-order valence-corrected chi connectivity index (χ0v) is 23.8. The Balaban J connectivity index is 1.38. The highest BCUT2D eigenvalue weighted by molar-refractivity contribution is 6.03. The molecule has 0 spiro atoms. The van der Waals surface area contributed by atoms with E-state index < -0.39 is 6.03 Å². The number of hydrogen-bond acceptors (Lipinski definition) is 5. The predicted octanol–water partition coefficient (Wildman–Crippen LogP) is 5.90. The van der Waals surface area contributed by atoms with Crippen molar-refractivity contribution in [2.45, 2.75) is 26.8 Å². The van der Waals surface area contributed by atoms with E-state index in [1.54, 1.807) is 24.3 Å². The lowest BCUT2D eigenvalue weighted by atomic mass is 9.96. The number of aryl methyl sites for hydroxylation is 3. The molecule has 1 aromatic heterocycles. The topological polar surface area (TPSA) is 85.7 Å². The van der Waals surface area contributed by atoms with Gasteiger partial charge in [0, 0.05) is 43.3 Å². The zero-order valence-electron chi connectivity index (χ0n) is 23.8. The van der Waals surface area contributed by atoms with E-state index in [0.29, 0.717) is 37.8 Å². The number of urea groups is 1. The molecule has 0 aliphatic carbocycles. The number of aliphatic imine (C=N–C) groups is 1. The van der Waals surface area contributed by atoms with Crippen molar-refractivity contribution in [3.63, 3.8) is 0 Å². The standard InChI is InChI=1S/C32H33F2N7O/c1-21-4-14-28(15-5-21)37-32(42)39-31(38-30-35-22(2)20-23(3)36-30)41-18-16-40(17-19-41)29(24-6-10-26(33)11-7-24)25-8-12-27(34)13-9-25/h4-15,20,29H,16-19H2,1-3H3,(H2,35,36,37,38,39,42). The molecule has 2 amide bonds. The van der Waals surface area contributed by atoms with E-state index >= 15 is 0 Å². The summed E-state index contributed by atoms with van der Waals surface area (Å²) in [6.07, 6.45) is 0. The monoisotopic (exact) mass is 569 g/mol. The van der Waals surface area contributed by atoms with Crippen molar-refractivity contribution in [2.24, 2.45) is 4.99 Å². The number of benzene rings is 3. The molecule has 2 N–H and O–H groups in total. The van der Waals surface area contributed by atoms with Gasteiger partial charge in [0.25, 0.3) is 5.95 Å². The van der Waals surface area contributed by atoms with E-state index in [0.717, 1.165) is 28.1 Å². The molecule has 10 heteroatoms. The van der Waals surface area contributed by atoms with E-state index in [4.69, 9.17) is 0 Å². The Morgan fingerprint density at radius 1 is 0.786 bits per heavy atom. The van der Waals surface area contributed by atoms with Crippen LogP contribution in [0.3, 0.4) is 0 Å². The fourth-order valence-corrected chi connectivity index (χ4v) is 5.03. The third kappa shape index (κ3) is 7.32. The first-order chi connectivity index (χ1) is 20.2. The first kappa shape index (κ1) is 28.8. The molecule has 8 nitrogen and oxygen atoms in total. The summed E-state index contributed by atoms with van der Waals surface area (Å²) in [6.45, 7) is 8.00. The van der Waals surface area contributed by atoms with Gasteiger partial charge >= 0.3 is 6.03 Å². The van der Waals surface area contributed by atoms with Gasteiger partial charge in [0.15, 0.2) is 0 Å². The van der Waals surface area contributed by atoms with Crippen LogP contribution in [-0.4, -0.2) is 57.9 Å². The van der Waals surface area contributed by atoms with Gasteiger partial charge in [0.2, 0.25) is 5.96 Å². The van der Waals surface area contributed by atoms with Crippen molar-refractivity contribution in [1.82, 2.24) is 25.1 Å². The number of amides is 2. The highest BCUT2D eigenvalue weighted by Gasteiger charge is 2.28. The number of carbonyl (C=O) groups excluding carboxylic acids is 1. The summed E-state index contributed by atoms with van der Waals surface area (Å²) < 4.78 is 27.5. The maximum absolute atomic E-state index is 13.7. The van der Waals surface area contributed by atoms with E-state index in [1.165, 1.54) is 24.3 Å². The number of rotatable bonds is 5. The first-order valence-electron chi connectivity index (χ1n) is 13.8. The van der Waals surface area contributed by atoms with E-state index in [-0.39, 0.29) is 23.6 Å². The molecule has 5 rings (SSSR count). The lowest BCUT2D eigenvalue weighted by Gasteiger charge is -2.40. The molecular formula is C32H33F2N7O. The molecule has 0 unspecified atom stereocenters. The Morgan fingerprint density at radius 2 is 1.31 bits per heavy atom. The normalized spacial score (nSPS) is 14.2. The molecule has 3 aromatic carbocycles. The largest absolute Gasteiger partial charge is 0.340 e. The Hall–Kier alpha value is -4.70. The van der Waals surface area contributed by atoms with E-state index in [2.05, 4.69) is 30.5 Å². The van der Waals surface area contributed by atoms with Crippen molar-refractivity contribution in [2.75, 3.05) is 31.5 Å². The van der Waals surface area contributed by atoms with Gasteiger partial charge in [-0.05, 0) is 74.4 Å². The number of piperazine rings is 1. The molecule has 0 bridgehead atoms. The number of guanidine groups is 1. The van der Waals surface area contributed by atoms with Crippen LogP contribution in [0.4, 0.5) is 25.2 Å². The van der Waals surface area contributed by atoms with Crippen molar-refractivity contribution in [3.8, 4) is 0 Å². The molecule has 0 saturated carbocycles. The molecule has 2 heterocycles. The summed E-state index contributed by atoms with van der Waals surface area (Å²) in [4.78, 5) is 30.8. The minimum Gasteiger partial charge on any atom is -0.340 e. The maximum Gasteiger partial charge on any atom is 0.326 e. The third-order valence-corrected chi connectivity index (χ3v) is 7.06. The number of hydrogen-bond donors (Lipinski definition) is 2. The summed E-state index contributed by atoms with van der Waals surface area (Å²) in [5.74, 6) is -0.0304. The smallest absolute Gasteiger partial charge is 0.326 e. The minimum absolute atomic E-state index is 0.200. The highest BCUT2D eigenvalue weighted by atomic mass is 19.1. The summed E-state index contributed by atoms with van der Waals surface area (Å²) in [7, 11) is 0. The Morgan fingerprint density at radius 3 is 1.83 bits per heavy atom. The summed E-state index contributed by atoms with van der Waals surface area (Å²) in [5.41, 5.74) is 5.11. The average Bonchev–Trinajstić information content (AvgIpc) is 2.96. The van der Waals surface area contributed by atoms with Crippen LogP contribution >= 0.6 is 0 Å². The molecule has 4 aromatic rings. The van der Waals surface area contributed by atoms with Gasteiger partial charge < -0.3 is 10.2 Å². The van der Waals surface area contributed by atoms with Crippen LogP contribution in [0.15, 0.2) is 83.9 Å². The van der Waals surface area contributed by atoms with Crippen LogP contribution in [0.25, 0.3) is 0 Å². The summed E-state index contributed by atoms with van der Waals surface area (Å²) in [6, 6.07) is 21.5.